The van der Waals surface area contributed by atoms with E-state index in [1.54, 1.807) is 12.1 Å². The maximum atomic E-state index is 13.4. The molecule has 2 rings (SSSR count). The molecule has 1 atom stereocenters. The number of rotatable bonds is 5. The molecule has 4 heteroatoms. The van der Waals surface area contributed by atoms with E-state index in [-0.39, 0.29) is 17.7 Å². The molecule has 0 fully saturated rings. The van der Waals surface area contributed by atoms with Crippen LogP contribution in [-0.2, 0) is 13.0 Å². The Morgan fingerprint density at radius 1 is 1.24 bits per heavy atom. The van der Waals surface area contributed by atoms with E-state index in [2.05, 4.69) is 6.07 Å². The highest BCUT2D eigenvalue weighted by Crippen LogP contribution is 2.25. The Morgan fingerprint density at radius 3 is 2.71 bits per heavy atom. The summed E-state index contributed by atoms with van der Waals surface area (Å²) in [4.78, 5) is 0. The molecule has 0 aromatic heterocycles. The van der Waals surface area contributed by atoms with Gasteiger partial charge in [0.25, 0.3) is 0 Å². The van der Waals surface area contributed by atoms with Crippen LogP contribution in [0.3, 0.4) is 0 Å². The average Bonchev–Trinajstić information content (AvgIpc) is 2.41. The van der Waals surface area contributed by atoms with Crippen molar-refractivity contribution in [3.8, 4) is 5.75 Å². The third-order valence-electron chi connectivity index (χ3n) is 3.17. The summed E-state index contributed by atoms with van der Waals surface area (Å²) in [6.45, 7) is 4.21. The zero-order valence-corrected chi connectivity index (χ0v) is 13.0. The van der Waals surface area contributed by atoms with Gasteiger partial charge in [0.05, 0.1) is 5.02 Å². The predicted molar refractivity (Wildman–Crippen MR) is 84.3 cm³/mol. The molecule has 2 N–H and O–H groups in total. The lowest BCUT2D eigenvalue weighted by Crippen LogP contribution is -2.18. The number of halogens is 2. The van der Waals surface area contributed by atoms with Crippen molar-refractivity contribution >= 4 is 11.6 Å². The lowest BCUT2D eigenvalue weighted by molar-refractivity contribution is 0.302. The van der Waals surface area contributed by atoms with E-state index >= 15 is 0 Å². The van der Waals surface area contributed by atoms with E-state index in [0.29, 0.717) is 5.56 Å². The summed E-state index contributed by atoms with van der Waals surface area (Å²) in [6, 6.07) is 10.7. The van der Waals surface area contributed by atoms with Crippen molar-refractivity contribution in [3.63, 3.8) is 0 Å². The summed E-state index contributed by atoms with van der Waals surface area (Å²) in [5.41, 5.74) is 8.70. The van der Waals surface area contributed by atoms with Crippen LogP contribution in [0, 0.1) is 12.7 Å². The molecule has 0 aliphatic carbocycles. The number of hydrogen-bond donors (Lipinski definition) is 1. The Kier molecular flexibility index (Phi) is 5.21. The molecule has 2 aromatic carbocycles. The first-order chi connectivity index (χ1) is 9.97. The quantitative estimate of drug-likeness (QED) is 0.896. The molecular formula is C17H19ClFNO. The topological polar surface area (TPSA) is 35.2 Å². The summed E-state index contributed by atoms with van der Waals surface area (Å²) in [7, 11) is 0. The minimum Gasteiger partial charge on any atom is -0.489 e. The minimum atomic E-state index is -0.433. The molecule has 0 aliphatic rings. The Hall–Kier alpha value is -1.58. The normalized spacial score (nSPS) is 12.2. The molecule has 0 saturated heterocycles. The lowest BCUT2D eigenvalue weighted by atomic mass is 10.0. The van der Waals surface area contributed by atoms with E-state index in [4.69, 9.17) is 22.1 Å². The van der Waals surface area contributed by atoms with Gasteiger partial charge in [-0.25, -0.2) is 4.39 Å². The Bertz CT molecular complexity index is 628. The predicted octanol–water partition coefficient (Wildman–Crippen LogP) is 4.26. The average molecular weight is 308 g/mol. The molecule has 2 aromatic rings. The molecule has 0 spiro atoms. The van der Waals surface area contributed by atoms with E-state index < -0.39 is 5.82 Å². The first-order valence-electron chi connectivity index (χ1n) is 6.88. The highest BCUT2D eigenvalue weighted by molar-refractivity contribution is 6.31. The number of nitrogens with two attached hydrogens (primary N) is 1. The summed E-state index contributed by atoms with van der Waals surface area (Å²) >= 11 is 5.93. The van der Waals surface area contributed by atoms with Crippen LogP contribution in [0.5, 0.6) is 5.75 Å². The molecule has 21 heavy (non-hydrogen) atoms. The van der Waals surface area contributed by atoms with Gasteiger partial charge >= 0.3 is 0 Å². The highest BCUT2D eigenvalue weighted by Gasteiger charge is 2.10. The summed E-state index contributed by atoms with van der Waals surface area (Å²) in [6.07, 6.45) is 0.730. The van der Waals surface area contributed by atoms with Crippen LogP contribution in [0.4, 0.5) is 4.39 Å². The van der Waals surface area contributed by atoms with Crippen molar-refractivity contribution < 1.29 is 9.13 Å². The fourth-order valence-corrected chi connectivity index (χ4v) is 2.35. The molecule has 112 valence electrons. The maximum Gasteiger partial charge on any atom is 0.142 e. The smallest absolute Gasteiger partial charge is 0.142 e. The number of benzene rings is 2. The van der Waals surface area contributed by atoms with Gasteiger partial charge in [0.15, 0.2) is 0 Å². The SMILES string of the molecule is Cc1ccc(OCc2cccc(F)c2Cl)c(CC(C)N)c1. The van der Waals surface area contributed by atoms with Gasteiger partial charge in [0.2, 0.25) is 0 Å². The second-order valence-corrected chi connectivity index (χ2v) is 5.67. The van der Waals surface area contributed by atoms with Crippen molar-refractivity contribution in [2.75, 3.05) is 0 Å². The van der Waals surface area contributed by atoms with Crippen LogP contribution in [-0.4, -0.2) is 6.04 Å². The monoisotopic (exact) mass is 307 g/mol. The molecular weight excluding hydrogens is 289 g/mol. The number of hydrogen-bond acceptors (Lipinski definition) is 2. The third-order valence-corrected chi connectivity index (χ3v) is 3.60. The molecule has 0 aliphatic heterocycles. The first-order valence-corrected chi connectivity index (χ1v) is 7.26. The second-order valence-electron chi connectivity index (χ2n) is 5.29. The first kappa shape index (κ1) is 15.8. The van der Waals surface area contributed by atoms with Gasteiger partial charge in [-0.3, -0.25) is 0 Å². The van der Waals surface area contributed by atoms with Gasteiger partial charge in [-0.1, -0.05) is 41.4 Å². The Labute approximate surface area is 129 Å². The fraction of sp³-hybridized carbons (Fsp3) is 0.294. The summed E-state index contributed by atoms with van der Waals surface area (Å²) in [5, 5.41) is 0.110. The van der Waals surface area contributed by atoms with Crippen LogP contribution in [0.2, 0.25) is 5.02 Å². The van der Waals surface area contributed by atoms with Crippen molar-refractivity contribution in [2.45, 2.75) is 32.9 Å². The van der Waals surface area contributed by atoms with Gasteiger partial charge in [-0.05, 0) is 38.0 Å². The number of aryl methyl sites for hydroxylation is 1. The second kappa shape index (κ2) is 6.92. The van der Waals surface area contributed by atoms with Crippen LogP contribution < -0.4 is 10.5 Å². The van der Waals surface area contributed by atoms with Crippen molar-refractivity contribution in [3.05, 3.63) is 63.9 Å². The zero-order valence-electron chi connectivity index (χ0n) is 12.2. The minimum absolute atomic E-state index is 0.0481. The molecule has 0 heterocycles. The van der Waals surface area contributed by atoms with Gasteiger partial charge in [-0.15, -0.1) is 0 Å². The Balaban J connectivity index is 2.18. The van der Waals surface area contributed by atoms with E-state index in [1.165, 1.54) is 6.07 Å². The summed E-state index contributed by atoms with van der Waals surface area (Å²) < 4.78 is 19.2. The zero-order chi connectivity index (χ0) is 15.4. The van der Waals surface area contributed by atoms with Crippen LogP contribution in [0.25, 0.3) is 0 Å². The standard InChI is InChI=1S/C17H19ClFNO/c1-11-6-7-16(14(8-11)9-12(2)20)21-10-13-4-3-5-15(19)17(13)18/h3-8,12H,9-10,20H2,1-2H3. The largest absolute Gasteiger partial charge is 0.489 e. The lowest BCUT2D eigenvalue weighted by Gasteiger charge is -2.14. The highest BCUT2D eigenvalue weighted by atomic mass is 35.5. The van der Waals surface area contributed by atoms with Crippen molar-refractivity contribution in [1.29, 1.82) is 0 Å². The Morgan fingerprint density at radius 2 is 2.00 bits per heavy atom. The van der Waals surface area contributed by atoms with E-state index in [0.717, 1.165) is 23.3 Å². The summed E-state index contributed by atoms with van der Waals surface area (Å²) in [5.74, 6) is 0.329. The van der Waals surface area contributed by atoms with Gasteiger partial charge in [0, 0.05) is 11.6 Å². The van der Waals surface area contributed by atoms with Crippen LogP contribution in [0.15, 0.2) is 36.4 Å². The fourth-order valence-electron chi connectivity index (χ4n) is 2.17. The molecule has 0 amide bonds. The van der Waals surface area contributed by atoms with Gasteiger partial charge in [-0.2, -0.15) is 0 Å². The molecule has 1 unspecified atom stereocenters. The molecule has 0 radical (unpaired) electrons. The third kappa shape index (κ3) is 4.19. The van der Waals surface area contributed by atoms with Crippen LogP contribution >= 0.6 is 11.6 Å². The molecule has 2 nitrogen and oxygen atoms in total. The van der Waals surface area contributed by atoms with Crippen molar-refractivity contribution in [1.82, 2.24) is 0 Å². The van der Waals surface area contributed by atoms with Crippen LogP contribution in [0.1, 0.15) is 23.6 Å². The van der Waals surface area contributed by atoms with E-state index in [9.17, 15) is 4.39 Å². The van der Waals surface area contributed by atoms with Gasteiger partial charge in [0.1, 0.15) is 18.2 Å². The molecule has 0 bridgehead atoms. The maximum absolute atomic E-state index is 13.4. The molecule has 0 saturated carbocycles. The van der Waals surface area contributed by atoms with Crippen molar-refractivity contribution in [2.24, 2.45) is 5.73 Å². The number of ether oxygens (including phenoxy) is 1. The van der Waals surface area contributed by atoms with Gasteiger partial charge < -0.3 is 10.5 Å². The van der Waals surface area contributed by atoms with E-state index in [1.807, 2.05) is 26.0 Å².